The SMILES string of the molecule is CCCCOC(CCCCC/C=C\CCC[P+](c1ccccc1)(c1ccccc1)c1ccccc1)OCCCC.[Cl-]. The second-order valence-electron chi connectivity index (χ2n) is 10.7. The number of allylic oxidation sites excluding steroid dienone is 2. The van der Waals surface area contributed by atoms with E-state index < -0.39 is 7.26 Å². The van der Waals surface area contributed by atoms with Gasteiger partial charge in [-0.2, -0.15) is 0 Å². The van der Waals surface area contributed by atoms with E-state index in [0.29, 0.717) is 0 Å². The summed E-state index contributed by atoms with van der Waals surface area (Å²) >= 11 is 0. The van der Waals surface area contributed by atoms with E-state index in [-0.39, 0.29) is 18.7 Å². The van der Waals surface area contributed by atoms with Crippen molar-refractivity contribution >= 4 is 23.2 Å². The van der Waals surface area contributed by atoms with Gasteiger partial charge < -0.3 is 21.9 Å². The minimum absolute atomic E-state index is 0. The van der Waals surface area contributed by atoms with Crippen molar-refractivity contribution in [3.63, 3.8) is 0 Å². The first-order chi connectivity index (χ1) is 19.8. The van der Waals surface area contributed by atoms with Crippen LogP contribution in [0, 0.1) is 0 Å². The molecule has 0 heterocycles. The lowest BCUT2D eigenvalue weighted by Crippen LogP contribution is -3.00. The summed E-state index contributed by atoms with van der Waals surface area (Å²) in [5.41, 5.74) is 0. The van der Waals surface area contributed by atoms with Gasteiger partial charge in [0.1, 0.15) is 23.2 Å². The average Bonchev–Trinajstić information content (AvgIpc) is 3.01. The molecule has 2 nitrogen and oxygen atoms in total. The average molecular weight is 595 g/mol. The highest BCUT2D eigenvalue weighted by Crippen LogP contribution is 2.55. The van der Waals surface area contributed by atoms with E-state index in [2.05, 4.69) is 117 Å². The molecule has 0 atom stereocenters. The van der Waals surface area contributed by atoms with E-state index >= 15 is 0 Å². The van der Waals surface area contributed by atoms with Gasteiger partial charge in [0.25, 0.3) is 0 Å². The van der Waals surface area contributed by atoms with Crippen LogP contribution >= 0.6 is 7.26 Å². The van der Waals surface area contributed by atoms with Gasteiger partial charge in [-0.15, -0.1) is 0 Å². The van der Waals surface area contributed by atoms with Crippen molar-refractivity contribution in [3.8, 4) is 0 Å². The predicted molar refractivity (Wildman–Crippen MR) is 177 cm³/mol. The Morgan fingerprint density at radius 1 is 0.561 bits per heavy atom. The number of hydrogen-bond acceptors (Lipinski definition) is 2. The molecule has 0 bridgehead atoms. The minimum Gasteiger partial charge on any atom is -1.00 e. The molecule has 224 valence electrons. The number of ether oxygens (including phenoxy) is 2. The fourth-order valence-electron chi connectivity index (χ4n) is 5.25. The molecule has 3 aromatic carbocycles. The van der Waals surface area contributed by atoms with Crippen LogP contribution in [-0.2, 0) is 9.47 Å². The second-order valence-corrected chi connectivity index (χ2v) is 14.3. The van der Waals surface area contributed by atoms with E-state index in [1.165, 1.54) is 60.6 Å². The molecule has 0 fully saturated rings. The summed E-state index contributed by atoms with van der Waals surface area (Å²) in [6.07, 6.45) is 18.7. The molecule has 3 rings (SSSR count). The lowest BCUT2D eigenvalue weighted by molar-refractivity contribution is -0.147. The van der Waals surface area contributed by atoms with Gasteiger partial charge in [0.2, 0.25) is 0 Å². The van der Waals surface area contributed by atoms with Gasteiger partial charge in [0.05, 0.1) is 6.16 Å². The third-order valence-electron chi connectivity index (χ3n) is 7.54. The van der Waals surface area contributed by atoms with Crippen LogP contribution in [0.2, 0.25) is 0 Å². The monoisotopic (exact) mass is 594 g/mol. The highest BCUT2D eigenvalue weighted by molar-refractivity contribution is 7.95. The van der Waals surface area contributed by atoms with Crippen molar-refractivity contribution in [1.82, 2.24) is 0 Å². The van der Waals surface area contributed by atoms with Crippen LogP contribution in [-0.4, -0.2) is 25.7 Å². The smallest absolute Gasteiger partial charge is 0.157 e. The van der Waals surface area contributed by atoms with Crippen molar-refractivity contribution in [3.05, 3.63) is 103 Å². The second kappa shape index (κ2) is 21.7. The molecule has 0 amide bonds. The van der Waals surface area contributed by atoms with E-state index in [9.17, 15) is 0 Å². The Balaban J connectivity index is 0.00000588. The molecule has 0 radical (unpaired) electrons. The molecule has 4 heteroatoms. The summed E-state index contributed by atoms with van der Waals surface area (Å²) in [7, 11) is -1.71. The zero-order valence-electron chi connectivity index (χ0n) is 25.4. The standard InChI is InChI=1S/C37H52O2P.ClH/c1-3-5-31-38-37(39-32-6-4-2)30-22-11-9-7-8-10-12-23-33-40(34-24-16-13-17-25-34,35-26-18-14-19-27-35)36-28-20-15-21-29-36;/h8,10,13-21,24-29,37H,3-7,9,11-12,22-23,30-33H2,1-2H3;1H/q+1;/p-1/b10-8-;. The maximum atomic E-state index is 5.99. The van der Waals surface area contributed by atoms with E-state index in [4.69, 9.17) is 9.47 Å². The van der Waals surface area contributed by atoms with Gasteiger partial charge in [0, 0.05) is 13.2 Å². The lowest BCUT2D eigenvalue weighted by Gasteiger charge is -2.27. The first kappa shape index (κ1) is 35.2. The summed E-state index contributed by atoms with van der Waals surface area (Å²) in [4.78, 5) is 0. The van der Waals surface area contributed by atoms with E-state index in [0.717, 1.165) is 45.3 Å². The Hall–Kier alpha value is -1.96. The summed E-state index contributed by atoms with van der Waals surface area (Å²) in [5.74, 6) is 0. The highest BCUT2D eigenvalue weighted by atomic mass is 35.5. The maximum absolute atomic E-state index is 5.99. The van der Waals surface area contributed by atoms with Crippen LogP contribution in [0.3, 0.4) is 0 Å². The minimum atomic E-state index is -1.71. The fourth-order valence-corrected chi connectivity index (χ4v) is 9.62. The van der Waals surface area contributed by atoms with Gasteiger partial charge in [-0.3, -0.25) is 0 Å². The number of benzene rings is 3. The Bertz CT molecular complexity index is 936. The van der Waals surface area contributed by atoms with Gasteiger partial charge in [-0.05, 0) is 87.8 Å². The first-order valence-corrected chi connectivity index (χ1v) is 17.7. The normalized spacial score (nSPS) is 11.7. The van der Waals surface area contributed by atoms with Crippen LogP contribution in [0.25, 0.3) is 0 Å². The zero-order chi connectivity index (χ0) is 28.1. The number of unbranched alkanes of at least 4 members (excludes halogenated alkanes) is 6. The van der Waals surface area contributed by atoms with Gasteiger partial charge in [0.15, 0.2) is 6.29 Å². The Morgan fingerprint density at radius 2 is 1.00 bits per heavy atom. The third-order valence-corrected chi connectivity index (χ3v) is 12.1. The molecular weight excluding hydrogens is 543 g/mol. The predicted octanol–water partition coefficient (Wildman–Crippen LogP) is 6.23. The molecule has 0 aliphatic rings. The van der Waals surface area contributed by atoms with E-state index in [1.54, 1.807) is 0 Å². The molecule has 0 spiro atoms. The fraction of sp³-hybridized carbons (Fsp3) is 0.459. The number of hydrogen-bond donors (Lipinski definition) is 0. The molecule has 0 aliphatic carbocycles. The molecule has 0 saturated carbocycles. The van der Waals surface area contributed by atoms with Crippen LogP contribution in [0.1, 0.15) is 84.5 Å². The summed E-state index contributed by atoms with van der Waals surface area (Å²) in [5, 5.41) is 4.44. The Morgan fingerprint density at radius 3 is 1.44 bits per heavy atom. The zero-order valence-corrected chi connectivity index (χ0v) is 27.1. The number of halogens is 1. The van der Waals surface area contributed by atoms with E-state index in [1.807, 2.05) is 0 Å². The topological polar surface area (TPSA) is 18.5 Å². The summed E-state index contributed by atoms with van der Waals surface area (Å²) in [6, 6.07) is 33.7. The largest absolute Gasteiger partial charge is 1.00 e. The van der Waals surface area contributed by atoms with Gasteiger partial charge in [-0.25, -0.2) is 0 Å². The van der Waals surface area contributed by atoms with Crippen LogP contribution in [0.5, 0.6) is 0 Å². The molecule has 0 N–H and O–H groups in total. The van der Waals surface area contributed by atoms with Gasteiger partial charge in [-0.1, -0.05) is 99.9 Å². The quantitative estimate of drug-likeness (QED) is 0.0630. The van der Waals surface area contributed by atoms with Crippen molar-refractivity contribution in [2.24, 2.45) is 0 Å². The van der Waals surface area contributed by atoms with Crippen LogP contribution in [0.15, 0.2) is 103 Å². The summed E-state index contributed by atoms with van der Waals surface area (Å²) in [6.45, 7) is 6.05. The highest BCUT2D eigenvalue weighted by Gasteiger charge is 2.44. The molecule has 3 aromatic rings. The Kier molecular flexibility index (Phi) is 18.7. The molecule has 0 aliphatic heterocycles. The molecule has 41 heavy (non-hydrogen) atoms. The maximum Gasteiger partial charge on any atom is 0.157 e. The molecule has 0 unspecified atom stereocenters. The van der Waals surface area contributed by atoms with Crippen molar-refractivity contribution in [1.29, 1.82) is 0 Å². The Labute approximate surface area is 257 Å². The van der Waals surface area contributed by atoms with Crippen molar-refractivity contribution in [2.45, 2.75) is 90.8 Å². The number of rotatable bonds is 21. The molecule has 0 saturated heterocycles. The summed E-state index contributed by atoms with van der Waals surface area (Å²) < 4.78 is 12.0. The van der Waals surface area contributed by atoms with Crippen molar-refractivity contribution < 1.29 is 21.9 Å². The van der Waals surface area contributed by atoms with Crippen molar-refractivity contribution in [2.75, 3.05) is 19.4 Å². The lowest BCUT2D eigenvalue weighted by atomic mass is 10.1. The molecule has 0 aromatic heterocycles. The third kappa shape index (κ3) is 12.0. The van der Waals surface area contributed by atoms with Gasteiger partial charge >= 0.3 is 0 Å². The van der Waals surface area contributed by atoms with Crippen LogP contribution in [0.4, 0.5) is 0 Å². The molecular formula is C37H52ClO2P. The first-order valence-electron chi connectivity index (χ1n) is 15.7. The van der Waals surface area contributed by atoms with Crippen LogP contribution < -0.4 is 28.3 Å².